The van der Waals surface area contributed by atoms with Gasteiger partial charge in [0.05, 0.1) is 6.42 Å². The van der Waals surface area contributed by atoms with Gasteiger partial charge in [-0.15, -0.1) is 0 Å². The maximum absolute atomic E-state index is 11.9. The minimum absolute atomic E-state index is 0.245. The molecule has 1 aliphatic carbocycles. The van der Waals surface area contributed by atoms with Crippen LogP contribution in [-0.2, 0) is 9.53 Å². The highest BCUT2D eigenvalue weighted by Gasteiger charge is 2.04. The van der Waals surface area contributed by atoms with E-state index in [-0.39, 0.29) is 12.4 Å². The number of allylic oxidation sites excluding steroid dienone is 7. The molecule has 0 saturated heterocycles. The van der Waals surface area contributed by atoms with Crippen LogP contribution in [0.5, 0.6) is 0 Å². The summed E-state index contributed by atoms with van der Waals surface area (Å²) in [6, 6.07) is 14.4. The summed E-state index contributed by atoms with van der Waals surface area (Å²) in [7, 11) is 0. The maximum atomic E-state index is 11.9. The second kappa shape index (κ2) is 8.60. The van der Waals surface area contributed by atoms with Crippen LogP contribution in [0.25, 0.3) is 10.8 Å². The first-order chi connectivity index (χ1) is 12.3. The molecule has 0 aromatic heterocycles. The number of rotatable bonds is 5. The second-order valence-corrected chi connectivity index (χ2v) is 5.56. The number of ether oxygens (including phenoxy) is 1. The molecule has 0 amide bonds. The number of fused-ring (bicyclic) bond motifs is 1. The van der Waals surface area contributed by atoms with Crippen LogP contribution in [0.1, 0.15) is 12.0 Å². The highest BCUT2D eigenvalue weighted by Crippen LogP contribution is 2.14. The van der Waals surface area contributed by atoms with E-state index in [0.717, 1.165) is 5.56 Å². The van der Waals surface area contributed by atoms with E-state index in [1.54, 1.807) is 18.4 Å². The molecule has 1 aliphatic rings. The Bertz CT molecular complexity index is 901. The molecule has 0 spiro atoms. The fraction of sp³-hybridized carbons (Fsp3) is 0.0909. The van der Waals surface area contributed by atoms with Crippen molar-refractivity contribution >= 4 is 23.0 Å². The van der Waals surface area contributed by atoms with Crippen molar-refractivity contribution in [3.8, 4) is 0 Å². The van der Waals surface area contributed by atoms with Crippen LogP contribution in [0.15, 0.2) is 95.7 Å². The number of nitrogens with zero attached hydrogens (tertiary/aromatic N) is 1. The largest absolute Gasteiger partial charge is 0.426 e. The molecule has 0 saturated carbocycles. The highest BCUT2D eigenvalue weighted by molar-refractivity contribution is 5.90. The van der Waals surface area contributed by atoms with Crippen LogP contribution in [0, 0.1) is 0 Å². The Kier molecular flexibility index (Phi) is 5.73. The number of aliphatic imine (C=N–C) groups is 1. The van der Waals surface area contributed by atoms with Gasteiger partial charge in [-0.25, -0.2) is 0 Å². The van der Waals surface area contributed by atoms with Gasteiger partial charge < -0.3 is 4.74 Å². The van der Waals surface area contributed by atoms with E-state index < -0.39 is 0 Å². The summed E-state index contributed by atoms with van der Waals surface area (Å²) in [5.74, 6) is 0.244. The Morgan fingerprint density at radius 1 is 0.960 bits per heavy atom. The Morgan fingerprint density at radius 2 is 1.76 bits per heavy atom. The molecule has 2 aromatic carbocycles. The number of hydrogen-bond donors (Lipinski definition) is 0. The van der Waals surface area contributed by atoms with E-state index in [2.05, 4.69) is 29.3 Å². The molecule has 2 aromatic rings. The van der Waals surface area contributed by atoms with Crippen LogP contribution < -0.4 is 0 Å². The van der Waals surface area contributed by atoms with Crippen LogP contribution in [0.4, 0.5) is 0 Å². The molecule has 3 nitrogen and oxygen atoms in total. The van der Waals surface area contributed by atoms with Crippen molar-refractivity contribution in [3.05, 3.63) is 96.3 Å². The van der Waals surface area contributed by atoms with Gasteiger partial charge in [0.2, 0.25) is 0 Å². The zero-order valence-corrected chi connectivity index (χ0v) is 13.8. The number of benzene rings is 2. The van der Waals surface area contributed by atoms with Gasteiger partial charge in [0, 0.05) is 12.8 Å². The smallest absolute Gasteiger partial charge is 0.313 e. The van der Waals surface area contributed by atoms with Crippen molar-refractivity contribution in [1.82, 2.24) is 0 Å². The van der Waals surface area contributed by atoms with Crippen molar-refractivity contribution in [2.24, 2.45) is 4.99 Å². The van der Waals surface area contributed by atoms with Gasteiger partial charge in [0.15, 0.2) is 0 Å². The van der Waals surface area contributed by atoms with Gasteiger partial charge in [-0.2, -0.15) is 0 Å². The summed E-state index contributed by atoms with van der Waals surface area (Å²) in [4.78, 5) is 16.2. The first kappa shape index (κ1) is 16.7. The zero-order chi connectivity index (χ0) is 17.3. The molecule has 25 heavy (non-hydrogen) atoms. The minimum Gasteiger partial charge on any atom is -0.426 e. The van der Waals surface area contributed by atoms with Crippen molar-refractivity contribution in [2.45, 2.75) is 6.42 Å². The van der Waals surface area contributed by atoms with Crippen molar-refractivity contribution in [2.75, 3.05) is 6.54 Å². The highest BCUT2D eigenvalue weighted by atomic mass is 16.5. The summed E-state index contributed by atoms with van der Waals surface area (Å²) in [6.45, 7) is 0.401. The van der Waals surface area contributed by atoms with Crippen LogP contribution >= 0.6 is 0 Å². The van der Waals surface area contributed by atoms with E-state index >= 15 is 0 Å². The molecular weight excluding hydrogens is 310 g/mol. The molecule has 0 aliphatic heterocycles. The van der Waals surface area contributed by atoms with E-state index in [0.29, 0.717) is 12.3 Å². The maximum Gasteiger partial charge on any atom is 0.313 e. The number of hydrogen-bond acceptors (Lipinski definition) is 3. The van der Waals surface area contributed by atoms with Crippen LogP contribution in [0.2, 0.25) is 0 Å². The van der Waals surface area contributed by atoms with Gasteiger partial charge in [0.1, 0.15) is 5.76 Å². The summed E-state index contributed by atoms with van der Waals surface area (Å²) >= 11 is 0. The molecule has 0 heterocycles. The van der Waals surface area contributed by atoms with E-state index in [9.17, 15) is 4.79 Å². The van der Waals surface area contributed by atoms with Gasteiger partial charge >= 0.3 is 5.97 Å². The topological polar surface area (TPSA) is 38.7 Å². The van der Waals surface area contributed by atoms with E-state index in [1.165, 1.54) is 10.8 Å². The summed E-state index contributed by atoms with van der Waals surface area (Å²) in [6.07, 6.45) is 14.9. The minimum atomic E-state index is -0.287. The Balaban J connectivity index is 1.51. The predicted molar refractivity (Wildman–Crippen MR) is 103 cm³/mol. The van der Waals surface area contributed by atoms with Crippen molar-refractivity contribution in [1.29, 1.82) is 0 Å². The lowest BCUT2D eigenvalue weighted by Crippen LogP contribution is -2.05. The second-order valence-electron chi connectivity index (χ2n) is 5.56. The lowest BCUT2D eigenvalue weighted by Gasteiger charge is -2.03. The quantitative estimate of drug-likeness (QED) is 0.586. The lowest BCUT2D eigenvalue weighted by molar-refractivity contribution is -0.138. The number of carbonyl (C=O) groups excluding carboxylic acids is 1. The number of carbonyl (C=O) groups is 1. The Hall–Kier alpha value is -3.20. The fourth-order valence-electron chi connectivity index (χ4n) is 2.41. The first-order valence-electron chi connectivity index (χ1n) is 8.22. The van der Waals surface area contributed by atoms with Crippen LogP contribution in [-0.4, -0.2) is 18.7 Å². The molecule has 0 radical (unpaired) electrons. The molecule has 0 N–H and O–H groups in total. The average molecular weight is 329 g/mol. The van der Waals surface area contributed by atoms with E-state index in [1.807, 2.05) is 48.6 Å². The summed E-state index contributed by atoms with van der Waals surface area (Å²) in [5, 5.41) is 2.38. The molecule has 124 valence electrons. The molecule has 0 fully saturated rings. The Labute approximate surface area is 147 Å². The van der Waals surface area contributed by atoms with Gasteiger partial charge in [-0.05, 0) is 34.6 Å². The third kappa shape index (κ3) is 5.15. The van der Waals surface area contributed by atoms with E-state index in [4.69, 9.17) is 4.74 Å². The first-order valence-corrected chi connectivity index (χ1v) is 8.22. The summed E-state index contributed by atoms with van der Waals surface area (Å²) in [5.41, 5.74) is 1.02. The molecule has 0 unspecified atom stereocenters. The predicted octanol–water partition coefficient (Wildman–Crippen LogP) is 4.76. The standard InChI is InChI=1S/C22H19NO2/c24-22(25-21-10-4-2-1-3-5-11-21)14-15-23-17-18-12-13-19-8-6-7-9-20(19)16-18/h1-13,16-17H,14-15H2/b2-1-,3-1?,4-2?,5-3-,10-4-,11-5?,21-10?,21-11+,23-17?. The molecule has 3 rings (SSSR count). The van der Waals surface area contributed by atoms with Gasteiger partial charge in [-0.3, -0.25) is 9.79 Å². The normalized spacial score (nSPS) is 19.6. The third-order valence-electron chi connectivity index (χ3n) is 3.66. The Morgan fingerprint density at radius 3 is 2.68 bits per heavy atom. The third-order valence-corrected chi connectivity index (χ3v) is 3.66. The van der Waals surface area contributed by atoms with Crippen molar-refractivity contribution < 1.29 is 9.53 Å². The summed E-state index contributed by atoms with van der Waals surface area (Å²) < 4.78 is 5.31. The van der Waals surface area contributed by atoms with Crippen molar-refractivity contribution in [3.63, 3.8) is 0 Å². The zero-order valence-electron chi connectivity index (χ0n) is 13.8. The van der Waals surface area contributed by atoms with Gasteiger partial charge in [0.25, 0.3) is 0 Å². The lowest BCUT2D eigenvalue weighted by atomic mass is 10.1. The molecule has 0 bridgehead atoms. The molecule has 0 atom stereocenters. The monoisotopic (exact) mass is 329 g/mol. The van der Waals surface area contributed by atoms with Gasteiger partial charge in [-0.1, -0.05) is 66.8 Å². The average Bonchev–Trinajstić information content (AvgIpc) is 2.61. The fourth-order valence-corrected chi connectivity index (χ4v) is 2.41. The number of esters is 1. The SMILES string of the molecule is O=C(CCN=Cc1ccc2ccccc2c1)OC1=C/C=C\C=C/C=C\1. The van der Waals surface area contributed by atoms with Crippen LogP contribution in [0.3, 0.4) is 0 Å². The molecule has 3 heteroatoms. The molecular formula is C22H19NO2.